The van der Waals surface area contributed by atoms with Crippen molar-refractivity contribution in [2.24, 2.45) is 0 Å². The lowest BCUT2D eigenvalue weighted by Gasteiger charge is -2.05. The first-order valence-electron chi connectivity index (χ1n) is 5.17. The summed E-state index contributed by atoms with van der Waals surface area (Å²) in [7, 11) is 0. The lowest BCUT2D eigenvalue weighted by molar-refractivity contribution is 0.299. The summed E-state index contributed by atoms with van der Waals surface area (Å²) in [6.45, 7) is 0.326. The number of aromatic nitrogens is 4. The van der Waals surface area contributed by atoms with E-state index in [-0.39, 0.29) is 0 Å². The van der Waals surface area contributed by atoms with Gasteiger partial charge in [0, 0.05) is 12.4 Å². The van der Waals surface area contributed by atoms with Crippen molar-refractivity contribution in [1.29, 1.82) is 0 Å². The van der Waals surface area contributed by atoms with Crippen LogP contribution in [-0.4, -0.2) is 19.9 Å². The molecule has 0 fully saturated rings. The minimum absolute atomic E-state index is 0.326. The minimum atomic E-state index is 0.326. The zero-order valence-electron chi connectivity index (χ0n) is 8.92. The van der Waals surface area contributed by atoms with E-state index < -0.39 is 0 Å². The first-order chi connectivity index (χ1) is 8.43. The maximum Gasteiger partial charge on any atom is 0.174 e. The lowest BCUT2D eigenvalue weighted by atomic mass is 10.3. The molecule has 5 heteroatoms. The zero-order chi connectivity index (χ0) is 11.5. The van der Waals surface area contributed by atoms with Gasteiger partial charge in [-0.3, -0.25) is 0 Å². The molecule has 0 aliphatic heterocycles. The fourth-order valence-corrected chi connectivity index (χ4v) is 1.55. The highest BCUT2D eigenvalue weighted by Crippen LogP contribution is 2.22. The Morgan fingerprint density at radius 1 is 1.18 bits per heavy atom. The summed E-state index contributed by atoms with van der Waals surface area (Å²) in [5.74, 6) is 1.34. The molecule has 0 unspecified atom stereocenters. The molecule has 1 N–H and O–H groups in total. The normalized spacial score (nSPS) is 10.6. The molecule has 0 saturated carbocycles. The van der Waals surface area contributed by atoms with Crippen LogP contribution in [0.1, 0.15) is 5.82 Å². The van der Waals surface area contributed by atoms with Crippen LogP contribution in [0.15, 0.2) is 36.7 Å². The summed E-state index contributed by atoms with van der Waals surface area (Å²) in [5.41, 5.74) is 1.67. The number of benzene rings is 1. The second kappa shape index (κ2) is 4.21. The lowest BCUT2D eigenvalue weighted by Crippen LogP contribution is -2.00. The van der Waals surface area contributed by atoms with Crippen LogP contribution in [-0.2, 0) is 6.61 Å². The molecule has 0 spiro atoms. The Morgan fingerprint density at radius 3 is 2.94 bits per heavy atom. The number of nitrogens with zero attached hydrogens (tertiary/aromatic N) is 3. The molecule has 2 heterocycles. The van der Waals surface area contributed by atoms with Gasteiger partial charge in [-0.2, -0.15) is 0 Å². The van der Waals surface area contributed by atoms with Crippen molar-refractivity contribution in [1.82, 2.24) is 19.9 Å². The van der Waals surface area contributed by atoms with E-state index in [9.17, 15) is 0 Å². The van der Waals surface area contributed by atoms with Gasteiger partial charge in [0.2, 0.25) is 0 Å². The molecule has 1 aromatic carbocycles. The average Bonchev–Trinajstić information content (AvgIpc) is 2.86. The van der Waals surface area contributed by atoms with Crippen molar-refractivity contribution < 1.29 is 4.74 Å². The highest BCUT2D eigenvalue weighted by atomic mass is 16.5. The number of H-pyrrole nitrogens is 1. The van der Waals surface area contributed by atoms with Crippen molar-refractivity contribution in [3.05, 3.63) is 48.8 Å². The Bertz CT molecular complexity index is 620. The van der Waals surface area contributed by atoms with E-state index >= 15 is 0 Å². The average molecular weight is 225 g/mol. The van der Waals surface area contributed by atoms with Gasteiger partial charge in [-0.25, -0.2) is 15.0 Å². The van der Waals surface area contributed by atoms with Gasteiger partial charge in [0.1, 0.15) is 17.9 Å². The largest absolute Gasteiger partial charge is 0.483 e. The number of ether oxygens (including phenoxy) is 1. The number of aromatic amines is 1. The van der Waals surface area contributed by atoms with E-state index in [0.29, 0.717) is 18.2 Å². The fraction of sp³-hybridized carbons (Fsp3) is 0.0833. The molecule has 0 atom stereocenters. The van der Waals surface area contributed by atoms with Gasteiger partial charge in [0.15, 0.2) is 12.2 Å². The number of imidazole rings is 1. The van der Waals surface area contributed by atoms with Gasteiger partial charge in [0.25, 0.3) is 0 Å². The summed E-state index contributed by atoms with van der Waals surface area (Å²) in [4.78, 5) is 15.2. The van der Waals surface area contributed by atoms with Crippen LogP contribution in [0.2, 0.25) is 0 Å². The number of nitrogens with one attached hydrogen (secondary N) is 1. The monoisotopic (exact) mass is 225 g/mol. The van der Waals surface area contributed by atoms with Crippen molar-refractivity contribution >= 4 is 11.0 Å². The third kappa shape index (κ3) is 1.94. The van der Waals surface area contributed by atoms with Gasteiger partial charge < -0.3 is 9.72 Å². The van der Waals surface area contributed by atoms with Gasteiger partial charge >= 0.3 is 0 Å². The van der Waals surface area contributed by atoms with Crippen LogP contribution in [0.4, 0.5) is 0 Å². The summed E-state index contributed by atoms with van der Waals surface area (Å²) in [6, 6.07) is 7.45. The van der Waals surface area contributed by atoms with E-state index in [2.05, 4.69) is 26.3 Å². The zero-order valence-corrected chi connectivity index (χ0v) is 8.92. The quantitative estimate of drug-likeness (QED) is 0.737. The third-order valence-electron chi connectivity index (χ3n) is 2.33. The first kappa shape index (κ1) is 9.77. The van der Waals surface area contributed by atoms with Crippen LogP contribution in [0.3, 0.4) is 0 Å². The van der Waals surface area contributed by atoms with E-state index in [1.54, 1.807) is 18.5 Å². The van der Waals surface area contributed by atoms with Gasteiger partial charge in [-0.1, -0.05) is 6.07 Å². The van der Waals surface area contributed by atoms with Crippen molar-refractivity contribution in [2.75, 3.05) is 0 Å². The molecular formula is C12H9N4O. The smallest absolute Gasteiger partial charge is 0.174 e. The molecule has 0 saturated heterocycles. The molecule has 17 heavy (non-hydrogen) atoms. The Hall–Kier alpha value is -2.43. The maximum absolute atomic E-state index is 5.64. The molecule has 3 aromatic rings. The van der Waals surface area contributed by atoms with E-state index in [1.165, 1.54) is 0 Å². The molecule has 5 nitrogen and oxygen atoms in total. The van der Waals surface area contributed by atoms with E-state index in [0.717, 1.165) is 11.0 Å². The maximum atomic E-state index is 5.64. The van der Waals surface area contributed by atoms with Crippen molar-refractivity contribution in [3.8, 4) is 5.75 Å². The summed E-state index contributed by atoms with van der Waals surface area (Å²) in [5, 5.41) is 0. The molecule has 83 valence electrons. The second-order valence-electron chi connectivity index (χ2n) is 3.45. The van der Waals surface area contributed by atoms with Crippen LogP contribution >= 0.6 is 0 Å². The number of hydrogen-bond donors (Lipinski definition) is 1. The van der Waals surface area contributed by atoms with Crippen LogP contribution in [0.5, 0.6) is 5.75 Å². The molecule has 2 aromatic heterocycles. The SMILES string of the molecule is [c]1nc2c(OCc3ncccn3)cccc2[nH]1. The molecular weight excluding hydrogens is 216 g/mol. The molecule has 3 rings (SSSR count). The number of hydrogen-bond acceptors (Lipinski definition) is 4. The van der Waals surface area contributed by atoms with Crippen molar-refractivity contribution in [3.63, 3.8) is 0 Å². The summed E-state index contributed by atoms with van der Waals surface area (Å²) >= 11 is 0. The molecule has 0 bridgehead atoms. The predicted molar refractivity (Wildman–Crippen MR) is 61.3 cm³/mol. The fourth-order valence-electron chi connectivity index (χ4n) is 1.55. The van der Waals surface area contributed by atoms with E-state index in [4.69, 9.17) is 4.74 Å². The van der Waals surface area contributed by atoms with Crippen LogP contribution < -0.4 is 4.74 Å². The van der Waals surface area contributed by atoms with Crippen LogP contribution in [0.25, 0.3) is 11.0 Å². The third-order valence-corrected chi connectivity index (χ3v) is 2.33. The molecule has 1 radical (unpaired) electrons. The molecule has 0 aliphatic rings. The van der Waals surface area contributed by atoms with Gasteiger partial charge in [-0.05, 0) is 18.2 Å². The second-order valence-corrected chi connectivity index (χ2v) is 3.45. The molecule has 0 amide bonds. The minimum Gasteiger partial charge on any atom is -0.483 e. The highest BCUT2D eigenvalue weighted by molar-refractivity contribution is 5.80. The predicted octanol–water partition coefficient (Wildman–Crippen LogP) is 1.73. The Labute approximate surface area is 97.5 Å². The Balaban J connectivity index is 1.84. The highest BCUT2D eigenvalue weighted by Gasteiger charge is 2.05. The topological polar surface area (TPSA) is 63.7 Å². The van der Waals surface area contributed by atoms with Crippen LogP contribution in [0, 0.1) is 6.33 Å². The molecule has 0 aliphatic carbocycles. The number of rotatable bonds is 3. The Kier molecular flexibility index (Phi) is 2.42. The summed E-state index contributed by atoms with van der Waals surface area (Å²) in [6.07, 6.45) is 6.07. The number of fused-ring (bicyclic) bond motifs is 1. The summed E-state index contributed by atoms with van der Waals surface area (Å²) < 4.78 is 5.64. The van der Waals surface area contributed by atoms with Gasteiger partial charge in [-0.15, -0.1) is 0 Å². The Morgan fingerprint density at radius 2 is 2.06 bits per heavy atom. The number of para-hydroxylation sites is 1. The standard InChI is InChI=1S/C12H9N4O/c1-3-9-12(16-8-15-9)10(4-1)17-7-11-13-5-2-6-14-11/h1-6H,7H2,(H,15,16). The first-order valence-corrected chi connectivity index (χ1v) is 5.17. The van der Waals surface area contributed by atoms with Gasteiger partial charge in [0.05, 0.1) is 5.52 Å². The van der Waals surface area contributed by atoms with E-state index in [1.807, 2.05) is 18.2 Å². The van der Waals surface area contributed by atoms with Crippen molar-refractivity contribution in [2.45, 2.75) is 6.61 Å².